The second-order valence-corrected chi connectivity index (χ2v) is 5.80. The maximum atomic E-state index is 5.96. The van der Waals surface area contributed by atoms with Gasteiger partial charge < -0.3 is 4.74 Å². The molecule has 0 unspecified atom stereocenters. The van der Waals surface area contributed by atoms with Gasteiger partial charge in [0.25, 0.3) is 0 Å². The zero-order valence-electron chi connectivity index (χ0n) is 12.2. The van der Waals surface area contributed by atoms with Crippen LogP contribution in [0.25, 0.3) is 17.1 Å². The summed E-state index contributed by atoms with van der Waals surface area (Å²) in [6.45, 7) is 0. The summed E-state index contributed by atoms with van der Waals surface area (Å²) in [6, 6.07) is 15.9. The third kappa shape index (κ3) is 2.82. The molecule has 0 N–H and O–H groups in total. The van der Waals surface area contributed by atoms with E-state index in [4.69, 9.17) is 16.3 Å². The van der Waals surface area contributed by atoms with E-state index in [0.29, 0.717) is 11.0 Å². The molecule has 1 heterocycles. The van der Waals surface area contributed by atoms with Crippen LogP contribution in [0.1, 0.15) is 0 Å². The first-order valence-electron chi connectivity index (χ1n) is 6.63. The number of aromatic nitrogens is 3. The first-order chi connectivity index (χ1) is 10.7. The Balaban J connectivity index is 2.19. The van der Waals surface area contributed by atoms with Crippen LogP contribution in [0, 0.1) is 0 Å². The molecular formula is C16H14ClN3OS. The lowest BCUT2D eigenvalue weighted by Crippen LogP contribution is -2.00. The molecule has 2 aromatic carbocycles. The molecule has 0 saturated heterocycles. The van der Waals surface area contributed by atoms with Crippen molar-refractivity contribution in [3.63, 3.8) is 0 Å². The molecule has 0 aliphatic carbocycles. The molecule has 0 fully saturated rings. The molecule has 6 heteroatoms. The predicted molar refractivity (Wildman–Crippen MR) is 90.1 cm³/mol. The van der Waals surface area contributed by atoms with E-state index in [1.54, 1.807) is 23.6 Å². The summed E-state index contributed by atoms with van der Waals surface area (Å²) >= 11 is 7.63. The Morgan fingerprint density at radius 3 is 2.50 bits per heavy atom. The normalized spacial score (nSPS) is 10.7. The standard InChI is InChI=1S/C16H14ClN3OS/c1-21-16-18-15(13-5-3-4-6-14(13)22-2)20(19-16)12-9-7-11(17)8-10-12/h3-10H,1-2H3. The summed E-state index contributed by atoms with van der Waals surface area (Å²) in [5.41, 5.74) is 1.90. The Hall–Kier alpha value is -1.98. The predicted octanol–water partition coefficient (Wildman–Crippen LogP) is 4.32. The molecule has 0 amide bonds. The van der Waals surface area contributed by atoms with E-state index in [-0.39, 0.29) is 0 Å². The minimum absolute atomic E-state index is 0.334. The molecule has 112 valence electrons. The number of nitrogens with zero attached hydrogens (tertiary/aromatic N) is 3. The lowest BCUT2D eigenvalue weighted by molar-refractivity contribution is 0.380. The van der Waals surface area contributed by atoms with E-state index in [1.165, 1.54) is 0 Å². The van der Waals surface area contributed by atoms with Gasteiger partial charge in [0.15, 0.2) is 5.82 Å². The van der Waals surface area contributed by atoms with Crippen molar-refractivity contribution >= 4 is 23.4 Å². The van der Waals surface area contributed by atoms with E-state index in [1.807, 2.05) is 48.7 Å². The Bertz CT molecular complexity index is 786. The summed E-state index contributed by atoms with van der Waals surface area (Å²) in [7, 11) is 1.56. The number of hydrogen-bond donors (Lipinski definition) is 0. The van der Waals surface area contributed by atoms with Gasteiger partial charge in [-0.1, -0.05) is 29.8 Å². The van der Waals surface area contributed by atoms with Crippen molar-refractivity contribution < 1.29 is 4.74 Å². The second kappa shape index (κ2) is 6.42. The van der Waals surface area contributed by atoms with Crippen LogP contribution in [-0.4, -0.2) is 28.1 Å². The van der Waals surface area contributed by atoms with E-state index in [2.05, 4.69) is 16.1 Å². The van der Waals surface area contributed by atoms with Crippen LogP contribution < -0.4 is 4.74 Å². The van der Waals surface area contributed by atoms with Gasteiger partial charge in [0.05, 0.1) is 12.8 Å². The minimum Gasteiger partial charge on any atom is -0.466 e. The SMILES string of the molecule is COc1nc(-c2ccccc2SC)n(-c2ccc(Cl)cc2)n1. The quantitative estimate of drug-likeness (QED) is 0.668. The summed E-state index contributed by atoms with van der Waals surface area (Å²) in [4.78, 5) is 5.62. The van der Waals surface area contributed by atoms with E-state index >= 15 is 0 Å². The Kier molecular flexibility index (Phi) is 4.36. The molecule has 0 spiro atoms. The van der Waals surface area contributed by atoms with Crippen LogP contribution in [-0.2, 0) is 0 Å². The molecular weight excluding hydrogens is 318 g/mol. The highest BCUT2D eigenvalue weighted by Gasteiger charge is 2.16. The van der Waals surface area contributed by atoms with Gasteiger partial charge in [-0.25, -0.2) is 4.68 Å². The lowest BCUT2D eigenvalue weighted by Gasteiger charge is -2.08. The summed E-state index contributed by atoms with van der Waals surface area (Å²) < 4.78 is 6.97. The molecule has 22 heavy (non-hydrogen) atoms. The van der Waals surface area contributed by atoms with Crippen LogP contribution in [0.4, 0.5) is 0 Å². The van der Waals surface area contributed by atoms with Gasteiger partial charge >= 0.3 is 6.01 Å². The third-order valence-electron chi connectivity index (χ3n) is 3.19. The van der Waals surface area contributed by atoms with E-state index in [9.17, 15) is 0 Å². The zero-order chi connectivity index (χ0) is 15.5. The van der Waals surface area contributed by atoms with Crippen molar-refractivity contribution in [3.05, 3.63) is 53.6 Å². The fourth-order valence-electron chi connectivity index (χ4n) is 2.15. The maximum Gasteiger partial charge on any atom is 0.336 e. The smallest absolute Gasteiger partial charge is 0.336 e. The molecule has 0 aliphatic heterocycles. The van der Waals surface area contributed by atoms with E-state index in [0.717, 1.165) is 22.0 Å². The fraction of sp³-hybridized carbons (Fsp3) is 0.125. The van der Waals surface area contributed by atoms with E-state index < -0.39 is 0 Å². The van der Waals surface area contributed by atoms with Crippen molar-refractivity contribution in [3.8, 4) is 23.1 Å². The van der Waals surface area contributed by atoms with Crippen LogP contribution in [0.3, 0.4) is 0 Å². The zero-order valence-corrected chi connectivity index (χ0v) is 13.7. The molecule has 3 aromatic rings. The summed E-state index contributed by atoms with van der Waals surface area (Å²) in [5.74, 6) is 0.740. The fourth-order valence-corrected chi connectivity index (χ4v) is 2.87. The van der Waals surface area contributed by atoms with Crippen molar-refractivity contribution in [1.82, 2.24) is 14.8 Å². The number of ether oxygens (including phenoxy) is 1. The van der Waals surface area contributed by atoms with Gasteiger partial charge in [-0.3, -0.25) is 0 Å². The third-order valence-corrected chi connectivity index (χ3v) is 4.24. The molecule has 0 atom stereocenters. The number of rotatable bonds is 4. The minimum atomic E-state index is 0.334. The second-order valence-electron chi connectivity index (χ2n) is 4.51. The van der Waals surface area contributed by atoms with Crippen molar-refractivity contribution in [1.29, 1.82) is 0 Å². The number of thioether (sulfide) groups is 1. The highest BCUT2D eigenvalue weighted by atomic mass is 35.5. The topological polar surface area (TPSA) is 39.9 Å². The Labute approximate surface area is 138 Å². The Morgan fingerprint density at radius 1 is 1.09 bits per heavy atom. The summed E-state index contributed by atoms with van der Waals surface area (Å²) in [5, 5.41) is 5.09. The van der Waals surface area contributed by atoms with Crippen LogP contribution >= 0.6 is 23.4 Å². The average molecular weight is 332 g/mol. The number of halogens is 1. The molecule has 0 aliphatic rings. The molecule has 0 saturated carbocycles. The largest absolute Gasteiger partial charge is 0.466 e. The molecule has 3 rings (SSSR count). The highest BCUT2D eigenvalue weighted by Crippen LogP contribution is 2.31. The van der Waals surface area contributed by atoms with Crippen molar-refractivity contribution in [2.24, 2.45) is 0 Å². The van der Waals surface area contributed by atoms with Gasteiger partial charge in [-0.2, -0.15) is 4.98 Å². The molecule has 0 bridgehead atoms. The molecule has 1 aromatic heterocycles. The van der Waals surface area contributed by atoms with Gasteiger partial charge in [0.1, 0.15) is 0 Å². The van der Waals surface area contributed by atoms with Crippen molar-refractivity contribution in [2.45, 2.75) is 4.90 Å². The van der Waals surface area contributed by atoms with Gasteiger partial charge in [0.2, 0.25) is 0 Å². The van der Waals surface area contributed by atoms with Crippen LogP contribution in [0.5, 0.6) is 6.01 Å². The maximum absolute atomic E-state index is 5.96. The highest BCUT2D eigenvalue weighted by molar-refractivity contribution is 7.98. The first kappa shape index (κ1) is 14.9. The van der Waals surface area contributed by atoms with Gasteiger partial charge in [-0.15, -0.1) is 16.9 Å². The number of methoxy groups -OCH3 is 1. The molecule has 4 nitrogen and oxygen atoms in total. The summed E-state index contributed by atoms with van der Waals surface area (Å²) in [6.07, 6.45) is 2.04. The average Bonchev–Trinajstić information content (AvgIpc) is 2.99. The Morgan fingerprint density at radius 2 is 1.82 bits per heavy atom. The lowest BCUT2D eigenvalue weighted by atomic mass is 10.2. The van der Waals surface area contributed by atoms with Gasteiger partial charge in [0, 0.05) is 15.5 Å². The van der Waals surface area contributed by atoms with Crippen LogP contribution in [0.15, 0.2) is 53.4 Å². The monoisotopic (exact) mass is 331 g/mol. The van der Waals surface area contributed by atoms with Crippen LogP contribution in [0.2, 0.25) is 5.02 Å². The van der Waals surface area contributed by atoms with Gasteiger partial charge in [-0.05, 0) is 36.6 Å². The number of benzene rings is 2. The van der Waals surface area contributed by atoms with Crippen molar-refractivity contribution in [2.75, 3.05) is 13.4 Å². The first-order valence-corrected chi connectivity index (χ1v) is 8.23. The molecule has 0 radical (unpaired) electrons. The number of hydrogen-bond acceptors (Lipinski definition) is 4.